The van der Waals surface area contributed by atoms with E-state index in [2.05, 4.69) is 58.0 Å². The van der Waals surface area contributed by atoms with Crippen molar-refractivity contribution in [2.45, 2.75) is 25.0 Å². The van der Waals surface area contributed by atoms with Crippen LogP contribution in [0.25, 0.3) is 0 Å². The topological polar surface area (TPSA) is 24.4 Å². The highest BCUT2D eigenvalue weighted by molar-refractivity contribution is 14.1. The van der Waals surface area contributed by atoms with Crippen LogP contribution in [0.1, 0.15) is 19.8 Å². The third kappa shape index (κ3) is 3.13. The van der Waals surface area contributed by atoms with Crippen molar-refractivity contribution in [2.75, 3.05) is 11.9 Å². The van der Waals surface area contributed by atoms with Crippen LogP contribution in [0.3, 0.4) is 0 Å². The molecule has 1 atom stereocenters. The summed E-state index contributed by atoms with van der Waals surface area (Å²) < 4.78 is 1.24. The Kier molecular flexibility index (Phi) is 4.52. The molecule has 0 aliphatic carbocycles. The van der Waals surface area contributed by atoms with E-state index in [1.165, 1.54) is 16.4 Å². The quantitative estimate of drug-likeness (QED) is 0.838. The Morgan fingerprint density at radius 3 is 3.06 bits per heavy atom. The van der Waals surface area contributed by atoms with Gasteiger partial charge in [-0.25, -0.2) is 0 Å². The fourth-order valence-corrected chi connectivity index (χ4v) is 3.29. The predicted molar refractivity (Wildman–Crippen MR) is 81.4 cm³/mol. The zero-order chi connectivity index (χ0) is 11.4. The fraction of sp³-hybridized carbons (Fsp3) is 0.417. The lowest BCUT2D eigenvalue weighted by molar-refractivity contribution is 0.754. The van der Waals surface area contributed by atoms with Crippen molar-refractivity contribution in [3.63, 3.8) is 0 Å². The smallest absolute Gasteiger partial charge is 0.161 e. The highest BCUT2D eigenvalue weighted by atomic mass is 127. The molecule has 0 saturated carbocycles. The molecule has 0 saturated heterocycles. The lowest BCUT2D eigenvalue weighted by atomic mass is 10.2. The van der Waals surface area contributed by atoms with Crippen LogP contribution in [-0.4, -0.2) is 17.0 Å². The van der Waals surface area contributed by atoms with Crippen LogP contribution in [0.2, 0.25) is 0 Å². The third-order valence-electron chi connectivity index (χ3n) is 2.44. The number of para-hydroxylation sites is 1. The number of aliphatic imine (C=N–C) groups is 1. The van der Waals surface area contributed by atoms with Crippen molar-refractivity contribution in [3.8, 4) is 0 Å². The first-order chi connectivity index (χ1) is 7.79. The molecule has 1 N–H and O–H groups in total. The van der Waals surface area contributed by atoms with Crippen LogP contribution in [0, 0.1) is 3.57 Å². The predicted octanol–water partition coefficient (Wildman–Crippen LogP) is 3.97. The van der Waals surface area contributed by atoms with Gasteiger partial charge in [0.25, 0.3) is 0 Å². The third-order valence-corrected chi connectivity index (χ3v) is 4.56. The van der Waals surface area contributed by atoms with Gasteiger partial charge in [-0.1, -0.05) is 37.2 Å². The molecule has 86 valence electrons. The molecule has 0 radical (unpaired) electrons. The average Bonchev–Trinajstić information content (AvgIpc) is 2.70. The maximum Gasteiger partial charge on any atom is 0.161 e. The first-order valence-corrected chi connectivity index (χ1v) is 7.48. The van der Waals surface area contributed by atoms with Crippen LogP contribution in [0.5, 0.6) is 0 Å². The zero-order valence-electron chi connectivity index (χ0n) is 9.24. The highest BCUT2D eigenvalue weighted by Crippen LogP contribution is 2.27. The van der Waals surface area contributed by atoms with Crippen molar-refractivity contribution >= 4 is 45.2 Å². The Balaban J connectivity index is 1.95. The Morgan fingerprint density at radius 2 is 2.31 bits per heavy atom. The van der Waals surface area contributed by atoms with Gasteiger partial charge in [-0.05, 0) is 41.1 Å². The number of hydrogen-bond acceptors (Lipinski definition) is 3. The van der Waals surface area contributed by atoms with Gasteiger partial charge in [0.05, 0.1) is 12.2 Å². The number of halogens is 1. The van der Waals surface area contributed by atoms with Crippen molar-refractivity contribution in [1.82, 2.24) is 0 Å². The van der Waals surface area contributed by atoms with E-state index < -0.39 is 0 Å². The maximum atomic E-state index is 4.54. The lowest BCUT2D eigenvalue weighted by Gasteiger charge is -2.09. The fourth-order valence-electron chi connectivity index (χ4n) is 1.64. The molecule has 1 aliphatic heterocycles. The van der Waals surface area contributed by atoms with Crippen LogP contribution in [-0.2, 0) is 0 Å². The molecule has 0 spiro atoms. The van der Waals surface area contributed by atoms with Gasteiger partial charge in [0.1, 0.15) is 0 Å². The van der Waals surface area contributed by atoms with E-state index in [1.54, 1.807) is 0 Å². The Hall–Kier alpha value is -0.230. The zero-order valence-corrected chi connectivity index (χ0v) is 12.2. The molecule has 1 aromatic rings. The Bertz CT molecular complexity index is 392. The summed E-state index contributed by atoms with van der Waals surface area (Å²) in [7, 11) is 0. The SMILES string of the molecule is CCCC1CN=C(Nc2ccccc2I)S1. The van der Waals surface area contributed by atoms with Gasteiger partial charge in [-0.2, -0.15) is 0 Å². The standard InChI is InChI=1S/C12H15IN2S/c1-2-5-9-8-14-12(16-9)15-11-7-4-3-6-10(11)13/h3-4,6-7,9H,2,5,8H2,1H3,(H,14,15). The first kappa shape index (κ1) is 12.2. The molecule has 2 rings (SSSR count). The molecule has 1 heterocycles. The molecular formula is C12H15IN2S. The van der Waals surface area contributed by atoms with E-state index in [-0.39, 0.29) is 0 Å². The molecule has 16 heavy (non-hydrogen) atoms. The lowest BCUT2D eigenvalue weighted by Crippen LogP contribution is -2.08. The van der Waals surface area contributed by atoms with Crippen LogP contribution in [0.4, 0.5) is 5.69 Å². The van der Waals surface area contributed by atoms with E-state index in [4.69, 9.17) is 0 Å². The number of anilines is 1. The van der Waals surface area contributed by atoms with E-state index in [9.17, 15) is 0 Å². The molecule has 4 heteroatoms. The molecule has 2 nitrogen and oxygen atoms in total. The van der Waals surface area contributed by atoms with Gasteiger partial charge in [-0.3, -0.25) is 4.99 Å². The minimum Gasteiger partial charge on any atom is -0.334 e. The molecule has 0 fully saturated rings. The maximum absolute atomic E-state index is 4.54. The second-order valence-electron chi connectivity index (χ2n) is 3.78. The second kappa shape index (κ2) is 5.91. The van der Waals surface area contributed by atoms with Crippen LogP contribution < -0.4 is 5.32 Å². The first-order valence-electron chi connectivity index (χ1n) is 5.52. The number of benzene rings is 1. The molecule has 0 aromatic heterocycles. The molecule has 1 aliphatic rings. The molecule has 1 aromatic carbocycles. The van der Waals surface area contributed by atoms with E-state index in [0.29, 0.717) is 5.25 Å². The summed E-state index contributed by atoms with van der Waals surface area (Å²) in [4.78, 5) is 4.54. The number of thioether (sulfide) groups is 1. The normalized spacial score (nSPS) is 19.6. The monoisotopic (exact) mass is 346 g/mol. The van der Waals surface area contributed by atoms with E-state index in [1.807, 2.05) is 17.8 Å². The summed E-state index contributed by atoms with van der Waals surface area (Å²) in [5.74, 6) is 0. The molecular weight excluding hydrogens is 331 g/mol. The number of nitrogens with zero attached hydrogens (tertiary/aromatic N) is 1. The number of nitrogens with one attached hydrogen (secondary N) is 1. The Morgan fingerprint density at radius 1 is 1.50 bits per heavy atom. The summed E-state index contributed by atoms with van der Waals surface area (Å²) in [5.41, 5.74) is 1.16. The van der Waals surface area contributed by atoms with Crippen molar-refractivity contribution in [2.24, 2.45) is 4.99 Å². The van der Waals surface area contributed by atoms with Gasteiger partial charge in [-0.15, -0.1) is 0 Å². The average molecular weight is 346 g/mol. The van der Waals surface area contributed by atoms with Gasteiger partial charge < -0.3 is 5.32 Å². The van der Waals surface area contributed by atoms with Crippen molar-refractivity contribution < 1.29 is 0 Å². The number of amidine groups is 1. The number of hydrogen-bond donors (Lipinski definition) is 1. The minimum atomic E-state index is 0.675. The van der Waals surface area contributed by atoms with Crippen LogP contribution in [0.15, 0.2) is 29.3 Å². The summed E-state index contributed by atoms with van der Waals surface area (Å²) in [6, 6.07) is 8.30. The largest absolute Gasteiger partial charge is 0.334 e. The van der Waals surface area contributed by atoms with Crippen LogP contribution >= 0.6 is 34.4 Å². The van der Waals surface area contributed by atoms with E-state index >= 15 is 0 Å². The van der Waals surface area contributed by atoms with Gasteiger partial charge in [0, 0.05) is 8.82 Å². The summed E-state index contributed by atoms with van der Waals surface area (Å²) >= 11 is 4.22. The number of rotatable bonds is 3. The molecule has 0 amide bonds. The van der Waals surface area contributed by atoms with Gasteiger partial charge in [0.15, 0.2) is 5.17 Å². The summed E-state index contributed by atoms with van der Waals surface area (Å²) in [6.45, 7) is 3.19. The Labute approximate surface area is 114 Å². The van der Waals surface area contributed by atoms with Crippen molar-refractivity contribution in [1.29, 1.82) is 0 Å². The van der Waals surface area contributed by atoms with Crippen molar-refractivity contribution in [3.05, 3.63) is 27.8 Å². The van der Waals surface area contributed by atoms with Gasteiger partial charge in [0.2, 0.25) is 0 Å². The summed E-state index contributed by atoms with van der Waals surface area (Å²) in [6.07, 6.45) is 2.49. The van der Waals surface area contributed by atoms with E-state index in [0.717, 1.165) is 17.4 Å². The molecule has 0 bridgehead atoms. The summed E-state index contributed by atoms with van der Waals surface area (Å²) in [5, 5.41) is 5.15. The highest BCUT2D eigenvalue weighted by Gasteiger charge is 2.18. The molecule has 1 unspecified atom stereocenters. The van der Waals surface area contributed by atoms with Gasteiger partial charge >= 0.3 is 0 Å². The second-order valence-corrected chi connectivity index (χ2v) is 6.23. The minimum absolute atomic E-state index is 0.675.